The van der Waals surface area contributed by atoms with E-state index >= 15 is 0 Å². The van der Waals surface area contributed by atoms with Crippen LogP contribution in [-0.2, 0) is 4.74 Å². The first-order valence-corrected chi connectivity index (χ1v) is 9.04. The molecule has 1 aliphatic heterocycles. The van der Waals surface area contributed by atoms with Crippen LogP contribution >= 0.6 is 0 Å². The smallest absolute Gasteiger partial charge is 0.0685 e. The van der Waals surface area contributed by atoms with E-state index in [2.05, 4.69) is 25.9 Å². The van der Waals surface area contributed by atoms with E-state index in [1.807, 2.05) is 0 Å². The van der Waals surface area contributed by atoms with E-state index in [4.69, 9.17) is 10.5 Å². The van der Waals surface area contributed by atoms with Gasteiger partial charge in [0.15, 0.2) is 0 Å². The minimum Gasteiger partial charge on any atom is -0.375 e. The molecule has 0 aromatic heterocycles. The van der Waals surface area contributed by atoms with Gasteiger partial charge in [0.1, 0.15) is 0 Å². The highest BCUT2D eigenvalue weighted by atomic mass is 16.5. The summed E-state index contributed by atoms with van der Waals surface area (Å²) in [5.41, 5.74) is 7.35. The molecular formula is C18H34N2O. The van der Waals surface area contributed by atoms with Crippen LogP contribution in [0.25, 0.3) is 0 Å². The third kappa shape index (κ3) is 2.77. The van der Waals surface area contributed by atoms with Gasteiger partial charge in [-0.2, -0.15) is 0 Å². The maximum atomic E-state index is 6.92. The molecule has 2 saturated carbocycles. The minimum absolute atomic E-state index is 0.213. The highest BCUT2D eigenvalue weighted by molar-refractivity contribution is 5.06. The Labute approximate surface area is 130 Å². The van der Waals surface area contributed by atoms with Crippen molar-refractivity contribution in [1.82, 2.24) is 4.90 Å². The predicted molar refractivity (Wildman–Crippen MR) is 87.3 cm³/mol. The largest absolute Gasteiger partial charge is 0.375 e. The normalized spacial score (nSPS) is 41.0. The standard InChI is InChI=1S/C18H34N2O/c1-14-6-4-10-18(12-14,20(2)3)16(19)15-7-11-21-17(13-15)8-5-9-17/h14-16H,4-13,19H2,1-3H3. The summed E-state index contributed by atoms with van der Waals surface area (Å²) in [6.07, 6.45) is 11.5. The molecule has 2 aliphatic carbocycles. The van der Waals surface area contributed by atoms with E-state index < -0.39 is 0 Å². The molecule has 1 spiro atoms. The second-order valence-electron chi connectivity index (χ2n) is 8.36. The molecule has 0 bridgehead atoms. The summed E-state index contributed by atoms with van der Waals surface area (Å²) in [5, 5.41) is 0. The van der Waals surface area contributed by atoms with Crippen LogP contribution in [-0.4, -0.2) is 42.8 Å². The summed E-state index contributed by atoms with van der Waals surface area (Å²) < 4.78 is 6.11. The fraction of sp³-hybridized carbons (Fsp3) is 1.00. The Morgan fingerprint density at radius 1 is 1.10 bits per heavy atom. The molecule has 1 saturated heterocycles. The molecule has 4 atom stereocenters. The third-order valence-electron chi connectivity index (χ3n) is 6.82. The average molecular weight is 294 g/mol. The predicted octanol–water partition coefficient (Wildman–Crippen LogP) is 3.17. The molecule has 2 N–H and O–H groups in total. The Hall–Kier alpha value is -0.120. The van der Waals surface area contributed by atoms with E-state index in [9.17, 15) is 0 Å². The fourth-order valence-corrected chi connectivity index (χ4v) is 5.30. The van der Waals surface area contributed by atoms with Crippen LogP contribution in [0.4, 0.5) is 0 Å². The second kappa shape index (κ2) is 5.82. The number of hydrogen-bond donors (Lipinski definition) is 1. The molecule has 3 rings (SSSR count). The van der Waals surface area contributed by atoms with Crippen molar-refractivity contribution in [3.63, 3.8) is 0 Å². The Kier molecular flexibility index (Phi) is 4.37. The number of nitrogens with two attached hydrogens (primary N) is 1. The van der Waals surface area contributed by atoms with Gasteiger partial charge in [-0.1, -0.05) is 19.8 Å². The van der Waals surface area contributed by atoms with Crippen molar-refractivity contribution < 1.29 is 4.74 Å². The molecule has 21 heavy (non-hydrogen) atoms. The van der Waals surface area contributed by atoms with Crippen molar-refractivity contribution in [1.29, 1.82) is 0 Å². The van der Waals surface area contributed by atoms with Crippen molar-refractivity contribution in [2.75, 3.05) is 20.7 Å². The van der Waals surface area contributed by atoms with Crippen molar-refractivity contribution in [3.8, 4) is 0 Å². The second-order valence-corrected chi connectivity index (χ2v) is 8.36. The van der Waals surface area contributed by atoms with E-state index in [1.165, 1.54) is 51.4 Å². The summed E-state index contributed by atoms with van der Waals surface area (Å²) in [6.45, 7) is 3.33. The summed E-state index contributed by atoms with van der Waals surface area (Å²) in [7, 11) is 4.49. The van der Waals surface area contributed by atoms with Crippen LogP contribution in [0, 0.1) is 11.8 Å². The number of rotatable bonds is 3. The van der Waals surface area contributed by atoms with Crippen LogP contribution < -0.4 is 5.73 Å². The van der Waals surface area contributed by atoms with E-state index in [0.29, 0.717) is 12.0 Å². The average Bonchev–Trinajstić information content (AvgIpc) is 2.44. The van der Waals surface area contributed by atoms with Gasteiger partial charge in [0.05, 0.1) is 5.60 Å². The van der Waals surface area contributed by atoms with Gasteiger partial charge in [-0.25, -0.2) is 0 Å². The van der Waals surface area contributed by atoms with Gasteiger partial charge in [0.2, 0.25) is 0 Å². The Bertz CT molecular complexity index is 366. The van der Waals surface area contributed by atoms with Crippen LogP contribution in [0.3, 0.4) is 0 Å². The van der Waals surface area contributed by atoms with Gasteiger partial charge < -0.3 is 15.4 Å². The molecule has 1 heterocycles. The zero-order valence-corrected chi connectivity index (χ0v) is 14.2. The molecule has 3 fully saturated rings. The van der Waals surface area contributed by atoms with Crippen LogP contribution in [0.5, 0.6) is 0 Å². The molecule has 3 heteroatoms. The van der Waals surface area contributed by atoms with E-state index in [-0.39, 0.29) is 11.1 Å². The maximum Gasteiger partial charge on any atom is 0.0685 e. The summed E-state index contributed by atoms with van der Waals surface area (Å²) >= 11 is 0. The first-order valence-electron chi connectivity index (χ1n) is 9.04. The molecule has 3 aliphatic rings. The monoisotopic (exact) mass is 294 g/mol. The van der Waals surface area contributed by atoms with Gasteiger partial charge in [0, 0.05) is 18.2 Å². The molecule has 0 aromatic rings. The molecule has 122 valence electrons. The van der Waals surface area contributed by atoms with Crippen LogP contribution in [0.1, 0.15) is 64.7 Å². The van der Waals surface area contributed by atoms with Gasteiger partial charge in [-0.05, 0) is 70.9 Å². The third-order valence-corrected chi connectivity index (χ3v) is 6.82. The summed E-state index contributed by atoms with van der Waals surface area (Å²) in [5.74, 6) is 1.46. The molecule has 0 amide bonds. The number of nitrogens with zero attached hydrogens (tertiary/aromatic N) is 1. The topological polar surface area (TPSA) is 38.5 Å². The van der Waals surface area contributed by atoms with Crippen molar-refractivity contribution >= 4 is 0 Å². The Morgan fingerprint density at radius 2 is 1.86 bits per heavy atom. The van der Waals surface area contributed by atoms with Crippen molar-refractivity contribution in [2.24, 2.45) is 17.6 Å². The number of ether oxygens (including phenoxy) is 1. The lowest BCUT2D eigenvalue weighted by Gasteiger charge is -2.55. The van der Waals surface area contributed by atoms with Gasteiger partial charge in [-0.3, -0.25) is 0 Å². The zero-order chi connectivity index (χ0) is 15.1. The van der Waals surface area contributed by atoms with Crippen LogP contribution in [0.2, 0.25) is 0 Å². The number of likely N-dealkylation sites (N-methyl/N-ethyl adjacent to an activating group) is 1. The molecule has 4 unspecified atom stereocenters. The molecule has 3 nitrogen and oxygen atoms in total. The Balaban J connectivity index is 1.75. The highest BCUT2D eigenvalue weighted by Gasteiger charge is 2.50. The van der Waals surface area contributed by atoms with Crippen molar-refractivity contribution in [3.05, 3.63) is 0 Å². The van der Waals surface area contributed by atoms with Gasteiger partial charge in [-0.15, -0.1) is 0 Å². The molecular weight excluding hydrogens is 260 g/mol. The first kappa shape index (κ1) is 15.8. The molecule has 0 aromatic carbocycles. The van der Waals surface area contributed by atoms with E-state index in [1.54, 1.807) is 0 Å². The fourth-order valence-electron chi connectivity index (χ4n) is 5.30. The minimum atomic E-state index is 0.213. The zero-order valence-electron chi connectivity index (χ0n) is 14.2. The Morgan fingerprint density at radius 3 is 2.43 bits per heavy atom. The van der Waals surface area contributed by atoms with E-state index in [0.717, 1.165) is 18.9 Å². The lowest BCUT2D eigenvalue weighted by molar-refractivity contribution is -0.152. The summed E-state index contributed by atoms with van der Waals surface area (Å²) in [6, 6.07) is 0.302. The lowest BCUT2D eigenvalue weighted by Crippen LogP contribution is -2.64. The number of hydrogen-bond acceptors (Lipinski definition) is 3. The first-order chi connectivity index (χ1) is 9.97. The van der Waals surface area contributed by atoms with Gasteiger partial charge in [0.25, 0.3) is 0 Å². The highest BCUT2D eigenvalue weighted by Crippen LogP contribution is 2.48. The summed E-state index contributed by atoms with van der Waals surface area (Å²) in [4.78, 5) is 2.45. The van der Waals surface area contributed by atoms with Gasteiger partial charge >= 0.3 is 0 Å². The van der Waals surface area contributed by atoms with Crippen LogP contribution in [0.15, 0.2) is 0 Å². The molecule has 0 radical (unpaired) electrons. The lowest BCUT2D eigenvalue weighted by atomic mass is 9.63. The quantitative estimate of drug-likeness (QED) is 0.869. The maximum absolute atomic E-state index is 6.92. The SMILES string of the molecule is CC1CCCC(C(N)C2CCOC3(CCC3)C2)(N(C)C)C1. The van der Waals surface area contributed by atoms with Crippen molar-refractivity contribution in [2.45, 2.75) is 81.9 Å².